The van der Waals surface area contributed by atoms with Crippen LogP contribution in [0, 0.1) is 13.8 Å². The van der Waals surface area contributed by atoms with Gasteiger partial charge in [0.25, 0.3) is 5.91 Å². The molecule has 0 heterocycles. The first-order valence-electron chi connectivity index (χ1n) is 7.63. The normalized spacial score (nSPS) is 11.8. The Balaban J connectivity index is 2.00. The maximum atomic E-state index is 12.2. The highest BCUT2D eigenvalue weighted by Gasteiger charge is 2.16. The van der Waals surface area contributed by atoms with E-state index in [4.69, 9.17) is 4.74 Å². The Morgan fingerprint density at radius 1 is 1.14 bits per heavy atom. The number of rotatable bonds is 5. The fraction of sp³-hybridized carbons (Fsp3) is 0.316. The van der Waals surface area contributed by atoms with Crippen LogP contribution in [0.1, 0.15) is 30.5 Å². The van der Waals surface area contributed by atoms with Crippen molar-refractivity contribution in [1.29, 1.82) is 0 Å². The van der Waals surface area contributed by atoms with Crippen LogP contribution in [-0.2, 0) is 11.2 Å². The molecule has 0 spiro atoms. The average molecular weight is 297 g/mol. The quantitative estimate of drug-likeness (QED) is 0.895. The highest BCUT2D eigenvalue weighted by molar-refractivity contribution is 5.94. The molecule has 1 N–H and O–H groups in total. The van der Waals surface area contributed by atoms with Crippen LogP contribution in [0.5, 0.6) is 5.75 Å². The topological polar surface area (TPSA) is 38.3 Å². The van der Waals surface area contributed by atoms with Gasteiger partial charge in [-0.15, -0.1) is 0 Å². The minimum atomic E-state index is -0.550. The lowest BCUT2D eigenvalue weighted by Gasteiger charge is -2.17. The summed E-state index contributed by atoms with van der Waals surface area (Å²) in [6, 6.07) is 13.9. The highest BCUT2D eigenvalue weighted by Crippen LogP contribution is 2.21. The predicted octanol–water partition coefficient (Wildman–Crippen LogP) is 4.27. The molecule has 2 rings (SSSR count). The minimum absolute atomic E-state index is 0.148. The van der Waals surface area contributed by atoms with E-state index in [0.717, 1.165) is 29.0 Å². The third-order valence-corrected chi connectivity index (χ3v) is 3.65. The van der Waals surface area contributed by atoms with Gasteiger partial charge in [-0.3, -0.25) is 4.79 Å². The summed E-state index contributed by atoms with van der Waals surface area (Å²) in [6.07, 6.45) is 0.437. The smallest absolute Gasteiger partial charge is 0.265 e. The Morgan fingerprint density at radius 3 is 2.45 bits per heavy atom. The van der Waals surface area contributed by atoms with E-state index in [2.05, 4.69) is 12.2 Å². The van der Waals surface area contributed by atoms with E-state index in [-0.39, 0.29) is 5.91 Å². The molecule has 2 aromatic rings. The molecule has 2 aromatic carbocycles. The lowest BCUT2D eigenvalue weighted by molar-refractivity contribution is -0.122. The summed E-state index contributed by atoms with van der Waals surface area (Å²) in [4.78, 5) is 12.2. The lowest BCUT2D eigenvalue weighted by Crippen LogP contribution is -2.30. The van der Waals surface area contributed by atoms with Crippen molar-refractivity contribution in [1.82, 2.24) is 0 Å². The van der Waals surface area contributed by atoms with Gasteiger partial charge >= 0.3 is 0 Å². The standard InChI is InChI=1S/C19H23NO2/c1-5-16-8-10-17(11-9-16)20-19(21)15(4)22-18-12-13(2)6-7-14(18)3/h6-12,15H,5H2,1-4H3,(H,20,21)/t15-/m0/s1. The van der Waals surface area contributed by atoms with Crippen molar-refractivity contribution < 1.29 is 9.53 Å². The molecule has 3 heteroatoms. The van der Waals surface area contributed by atoms with Crippen molar-refractivity contribution in [2.45, 2.75) is 40.2 Å². The first-order chi connectivity index (χ1) is 10.5. The van der Waals surface area contributed by atoms with Crippen molar-refractivity contribution in [2.24, 2.45) is 0 Å². The van der Waals surface area contributed by atoms with Crippen LogP contribution in [0.3, 0.4) is 0 Å². The second kappa shape index (κ2) is 7.12. The molecule has 3 nitrogen and oxygen atoms in total. The molecule has 0 aliphatic rings. The lowest BCUT2D eigenvalue weighted by atomic mass is 10.1. The molecule has 0 aromatic heterocycles. The van der Waals surface area contributed by atoms with Gasteiger partial charge < -0.3 is 10.1 Å². The van der Waals surface area contributed by atoms with Crippen molar-refractivity contribution in [3.63, 3.8) is 0 Å². The summed E-state index contributed by atoms with van der Waals surface area (Å²) in [5.41, 5.74) is 4.18. The summed E-state index contributed by atoms with van der Waals surface area (Å²) in [6.45, 7) is 7.85. The number of hydrogen-bond donors (Lipinski definition) is 1. The van der Waals surface area contributed by atoms with Gasteiger partial charge in [0.2, 0.25) is 0 Å². The summed E-state index contributed by atoms with van der Waals surface area (Å²) in [7, 11) is 0. The number of amides is 1. The largest absolute Gasteiger partial charge is 0.481 e. The fourth-order valence-electron chi connectivity index (χ4n) is 2.15. The fourth-order valence-corrected chi connectivity index (χ4v) is 2.15. The Labute approximate surface area is 132 Å². The number of ether oxygens (including phenoxy) is 1. The van der Waals surface area contributed by atoms with E-state index >= 15 is 0 Å². The number of aryl methyl sites for hydroxylation is 3. The molecular weight excluding hydrogens is 274 g/mol. The molecule has 0 aliphatic heterocycles. The first kappa shape index (κ1) is 16.1. The van der Waals surface area contributed by atoms with Crippen molar-refractivity contribution in [2.75, 3.05) is 5.32 Å². The van der Waals surface area contributed by atoms with Crippen molar-refractivity contribution in [3.05, 3.63) is 59.2 Å². The first-order valence-corrected chi connectivity index (χ1v) is 7.63. The van der Waals surface area contributed by atoms with Crippen LogP contribution in [0.15, 0.2) is 42.5 Å². The summed E-state index contributed by atoms with van der Waals surface area (Å²) >= 11 is 0. The van der Waals surface area contributed by atoms with Crippen molar-refractivity contribution in [3.8, 4) is 5.75 Å². The molecule has 0 saturated carbocycles. The van der Waals surface area contributed by atoms with Crippen LogP contribution in [-0.4, -0.2) is 12.0 Å². The second-order valence-electron chi connectivity index (χ2n) is 5.57. The maximum absolute atomic E-state index is 12.2. The molecule has 1 atom stereocenters. The van der Waals surface area contributed by atoms with Gasteiger partial charge in [-0.05, 0) is 62.1 Å². The Bertz CT molecular complexity index is 647. The van der Waals surface area contributed by atoms with Crippen LogP contribution in [0.25, 0.3) is 0 Å². The van der Waals surface area contributed by atoms with E-state index in [9.17, 15) is 4.79 Å². The van der Waals surface area contributed by atoms with E-state index < -0.39 is 6.10 Å². The highest BCUT2D eigenvalue weighted by atomic mass is 16.5. The Hall–Kier alpha value is -2.29. The van der Waals surface area contributed by atoms with Crippen LogP contribution >= 0.6 is 0 Å². The molecule has 0 unspecified atom stereocenters. The Morgan fingerprint density at radius 2 is 1.82 bits per heavy atom. The van der Waals surface area contributed by atoms with Crippen molar-refractivity contribution >= 4 is 11.6 Å². The van der Waals surface area contributed by atoms with E-state index in [1.165, 1.54) is 5.56 Å². The van der Waals surface area contributed by atoms with E-state index in [0.29, 0.717) is 0 Å². The van der Waals surface area contributed by atoms with E-state index in [1.807, 2.05) is 56.3 Å². The third-order valence-electron chi connectivity index (χ3n) is 3.65. The van der Waals surface area contributed by atoms with Crippen LogP contribution < -0.4 is 10.1 Å². The zero-order valence-electron chi connectivity index (χ0n) is 13.6. The zero-order valence-corrected chi connectivity index (χ0v) is 13.6. The van der Waals surface area contributed by atoms with Gasteiger partial charge in [-0.25, -0.2) is 0 Å². The molecule has 0 bridgehead atoms. The average Bonchev–Trinajstić information content (AvgIpc) is 2.51. The number of anilines is 1. The number of nitrogens with one attached hydrogen (secondary N) is 1. The summed E-state index contributed by atoms with van der Waals surface area (Å²) in [5, 5.41) is 2.88. The Kier molecular flexibility index (Phi) is 5.21. The summed E-state index contributed by atoms with van der Waals surface area (Å²) in [5.74, 6) is 0.606. The molecule has 22 heavy (non-hydrogen) atoms. The molecule has 0 radical (unpaired) electrons. The van der Waals surface area contributed by atoms with Crippen LogP contribution in [0.2, 0.25) is 0 Å². The van der Waals surface area contributed by atoms with Gasteiger partial charge in [0.1, 0.15) is 5.75 Å². The number of benzene rings is 2. The molecular formula is C19H23NO2. The number of hydrogen-bond acceptors (Lipinski definition) is 2. The monoisotopic (exact) mass is 297 g/mol. The molecule has 0 saturated heterocycles. The van der Waals surface area contributed by atoms with Gasteiger partial charge in [-0.1, -0.05) is 31.2 Å². The molecule has 1 amide bonds. The number of carbonyl (C=O) groups excluding carboxylic acids is 1. The second-order valence-corrected chi connectivity index (χ2v) is 5.57. The predicted molar refractivity (Wildman–Crippen MR) is 90.5 cm³/mol. The zero-order chi connectivity index (χ0) is 16.1. The van der Waals surface area contributed by atoms with Gasteiger partial charge in [0.05, 0.1) is 0 Å². The molecule has 0 fully saturated rings. The van der Waals surface area contributed by atoms with Gasteiger partial charge in [-0.2, -0.15) is 0 Å². The maximum Gasteiger partial charge on any atom is 0.265 e. The molecule has 0 aliphatic carbocycles. The SMILES string of the molecule is CCc1ccc(NC(=O)[C@H](C)Oc2cc(C)ccc2C)cc1. The molecule has 116 valence electrons. The van der Waals surface area contributed by atoms with Gasteiger partial charge in [0, 0.05) is 5.69 Å². The van der Waals surface area contributed by atoms with E-state index in [1.54, 1.807) is 6.92 Å². The summed E-state index contributed by atoms with van der Waals surface area (Å²) < 4.78 is 5.79. The van der Waals surface area contributed by atoms with Gasteiger partial charge in [0.15, 0.2) is 6.10 Å². The number of carbonyl (C=O) groups is 1. The van der Waals surface area contributed by atoms with Crippen LogP contribution in [0.4, 0.5) is 5.69 Å². The minimum Gasteiger partial charge on any atom is -0.481 e. The third kappa shape index (κ3) is 4.10.